The Morgan fingerprint density at radius 2 is 1.94 bits per heavy atom. The molecule has 3 nitrogen and oxygen atoms in total. The van der Waals surface area contributed by atoms with Crippen molar-refractivity contribution < 1.29 is 30.2 Å². The van der Waals surface area contributed by atoms with E-state index in [4.69, 9.17) is 23.2 Å². The maximum Gasteiger partial charge on any atom is 1.00 e. The second-order valence-corrected chi connectivity index (χ2v) is 4.48. The zero-order valence-electron chi connectivity index (χ0n) is 9.30. The summed E-state index contributed by atoms with van der Waals surface area (Å²) in [5.74, 6) is -1.19. The molecular formula is C10H12Cl2LiNO2. The van der Waals surface area contributed by atoms with Crippen LogP contribution < -0.4 is 29.3 Å². The average Bonchev–Trinajstić information content (AvgIpc) is 2.10. The third kappa shape index (κ3) is 3.92. The first-order chi connectivity index (χ1) is 6.83. The van der Waals surface area contributed by atoms with E-state index in [9.17, 15) is 9.90 Å². The average molecular weight is 256 g/mol. The topological polar surface area (TPSA) is 52.2 Å². The fourth-order valence-corrected chi connectivity index (χ4v) is 1.28. The van der Waals surface area contributed by atoms with Gasteiger partial charge in [-0.25, -0.2) is 0 Å². The zero-order valence-corrected chi connectivity index (χ0v) is 10.8. The molecule has 0 saturated carbocycles. The molecule has 16 heavy (non-hydrogen) atoms. The smallest absolute Gasteiger partial charge is 0.548 e. The van der Waals surface area contributed by atoms with Crippen molar-refractivity contribution in [3.8, 4) is 0 Å². The standard InChI is InChI=1S/C10H11Cl2NO2.Li.H2/c1-10(2,9(14)15)13-6-3-4-7(11)8(12)5-6;;/h3-5,13H,1-2H3,(H,14,15);;1H/q;+1;/p-1. The first-order valence-electron chi connectivity index (χ1n) is 4.27. The molecule has 0 atom stereocenters. The van der Waals surface area contributed by atoms with Crippen LogP contribution in [0, 0.1) is 0 Å². The second kappa shape index (κ2) is 5.84. The molecule has 0 fully saturated rings. The molecule has 1 aromatic rings. The number of carboxylic acid groups (broad SMARTS) is 1. The van der Waals surface area contributed by atoms with Crippen LogP contribution in [0.3, 0.4) is 0 Å². The summed E-state index contributed by atoms with van der Waals surface area (Å²) in [4.78, 5) is 10.7. The van der Waals surface area contributed by atoms with Crippen LogP contribution in [-0.2, 0) is 4.79 Å². The summed E-state index contributed by atoms with van der Waals surface area (Å²) in [5, 5.41) is 14.3. The molecule has 0 aliphatic rings. The van der Waals surface area contributed by atoms with E-state index < -0.39 is 11.5 Å². The van der Waals surface area contributed by atoms with Gasteiger partial charge < -0.3 is 15.2 Å². The van der Waals surface area contributed by atoms with Crippen molar-refractivity contribution in [3.63, 3.8) is 0 Å². The van der Waals surface area contributed by atoms with Crippen LogP contribution in [0.25, 0.3) is 0 Å². The molecule has 84 valence electrons. The first-order valence-corrected chi connectivity index (χ1v) is 5.03. The first kappa shape index (κ1) is 15.7. The molecule has 1 N–H and O–H groups in total. The number of hydrogen-bond donors (Lipinski definition) is 1. The minimum Gasteiger partial charge on any atom is -0.548 e. The minimum atomic E-state index is -1.19. The maximum absolute atomic E-state index is 10.7. The minimum absolute atomic E-state index is 0. The van der Waals surface area contributed by atoms with E-state index in [2.05, 4.69) is 5.32 Å². The third-order valence-corrected chi connectivity index (χ3v) is 2.63. The van der Waals surface area contributed by atoms with Crippen molar-refractivity contribution in [2.75, 3.05) is 5.32 Å². The Labute approximate surface area is 118 Å². The zero-order chi connectivity index (χ0) is 11.6. The van der Waals surface area contributed by atoms with Gasteiger partial charge >= 0.3 is 18.9 Å². The molecule has 0 aliphatic carbocycles. The van der Waals surface area contributed by atoms with Crippen molar-refractivity contribution in [3.05, 3.63) is 28.2 Å². The monoisotopic (exact) mass is 255 g/mol. The predicted octanol–water partition coefficient (Wildman–Crippen LogP) is -0.816. The number of nitrogens with one attached hydrogen (secondary N) is 1. The van der Waals surface area contributed by atoms with Crippen molar-refractivity contribution >= 4 is 34.9 Å². The van der Waals surface area contributed by atoms with Gasteiger partial charge in [0.05, 0.1) is 21.6 Å². The Morgan fingerprint density at radius 3 is 2.38 bits per heavy atom. The molecule has 0 amide bonds. The quantitative estimate of drug-likeness (QED) is 0.719. The van der Waals surface area contributed by atoms with E-state index in [1.807, 2.05) is 0 Å². The molecule has 0 spiro atoms. The summed E-state index contributed by atoms with van der Waals surface area (Å²) < 4.78 is 0. The predicted molar refractivity (Wildman–Crippen MR) is 61.3 cm³/mol. The fourth-order valence-electron chi connectivity index (χ4n) is 0.986. The van der Waals surface area contributed by atoms with Gasteiger partial charge in [-0.15, -0.1) is 0 Å². The van der Waals surface area contributed by atoms with Gasteiger partial charge in [-0.2, -0.15) is 0 Å². The number of rotatable bonds is 3. The summed E-state index contributed by atoms with van der Waals surface area (Å²) in [5.41, 5.74) is -0.574. The number of halogens is 2. The number of anilines is 1. The number of carboxylic acids is 1. The summed E-state index contributed by atoms with van der Waals surface area (Å²) in [6.45, 7) is 3.01. The van der Waals surface area contributed by atoms with Crippen LogP contribution in [0.2, 0.25) is 10.0 Å². The van der Waals surface area contributed by atoms with Crippen LogP contribution in [0.1, 0.15) is 15.3 Å². The molecular weight excluding hydrogens is 244 g/mol. The van der Waals surface area contributed by atoms with Gasteiger partial charge in [-0.1, -0.05) is 23.2 Å². The van der Waals surface area contributed by atoms with Gasteiger partial charge in [0.1, 0.15) is 0 Å². The van der Waals surface area contributed by atoms with Crippen molar-refractivity contribution in [2.45, 2.75) is 19.4 Å². The SMILES string of the molecule is CC(C)(Nc1ccc(Cl)c(Cl)c1)C(=O)[O-].[HH].[Li+]. The number of hydrogen-bond acceptors (Lipinski definition) is 3. The molecule has 0 saturated heterocycles. The Kier molecular flexibility index (Phi) is 5.71. The molecule has 0 radical (unpaired) electrons. The van der Waals surface area contributed by atoms with E-state index >= 15 is 0 Å². The normalized spacial score (nSPS) is 10.5. The second-order valence-electron chi connectivity index (χ2n) is 3.67. The Hall–Kier alpha value is -0.333. The van der Waals surface area contributed by atoms with Crippen LogP contribution in [-0.4, -0.2) is 11.5 Å². The van der Waals surface area contributed by atoms with Crippen LogP contribution in [0.5, 0.6) is 0 Å². The molecule has 0 unspecified atom stereocenters. The van der Waals surface area contributed by atoms with Gasteiger partial charge in [0.25, 0.3) is 0 Å². The van der Waals surface area contributed by atoms with Gasteiger partial charge in [0.15, 0.2) is 0 Å². The molecule has 0 bridgehead atoms. The van der Waals surface area contributed by atoms with Gasteiger partial charge in [-0.3, -0.25) is 0 Å². The number of carbonyl (C=O) groups is 1. The Bertz CT molecular complexity index is 402. The van der Waals surface area contributed by atoms with Crippen molar-refractivity contribution in [1.82, 2.24) is 0 Å². The van der Waals surface area contributed by atoms with E-state index in [0.29, 0.717) is 15.7 Å². The van der Waals surface area contributed by atoms with Crippen molar-refractivity contribution in [1.29, 1.82) is 0 Å². The summed E-state index contributed by atoms with van der Waals surface area (Å²) in [7, 11) is 0. The summed E-state index contributed by atoms with van der Waals surface area (Å²) in [6, 6.07) is 4.81. The molecule has 0 heterocycles. The number of benzene rings is 1. The largest absolute Gasteiger partial charge is 1.00 e. The molecule has 1 rings (SSSR count). The van der Waals surface area contributed by atoms with Crippen LogP contribution in [0.4, 0.5) is 5.69 Å². The van der Waals surface area contributed by atoms with Gasteiger partial charge in [-0.05, 0) is 32.0 Å². The third-order valence-electron chi connectivity index (χ3n) is 1.89. The number of aliphatic carboxylic acids is 1. The fraction of sp³-hybridized carbons (Fsp3) is 0.300. The molecule has 1 aromatic carbocycles. The molecule has 6 heteroatoms. The Morgan fingerprint density at radius 1 is 1.38 bits per heavy atom. The van der Waals surface area contributed by atoms with E-state index in [1.165, 1.54) is 13.8 Å². The van der Waals surface area contributed by atoms with Crippen molar-refractivity contribution in [2.24, 2.45) is 0 Å². The number of carbonyl (C=O) groups excluding carboxylic acids is 1. The van der Waals surface area contributed by atoms with E-state index in [-0.39, 0.29) is 20.3 Å². The Balaban J connectivity index is 0. The molecule has 0 aromatic heterocycles. The van der Waals surface area contributed by atoms with Crippen LogP contribution in [0.15, 0.2) is 18.2 Å². The molecule has 0 aliphatic heterocycles. The summed E-state index contributed by atoms with van der Waals surface area (Å²) >= 11 is 11.5. The van der Waals surface area contributed by atoms with Gasteiger partial charge in [0.2, 0.25) is 0 Å². The summed E-state index contributed by atoms with van der Waals surface area (Å²) in [6.07, 6.45) is 0. The van der Waals surface area contributed by atoms with Gasteiger partial charge in [0, 0.05) is 7.11 Å². The van der Waals surface area contributed by atoms with Crippen LogP contribution >= 0.6 is 23.2 Å². The van der Waals surface area contributed by atoms with E-state index in [0.717, 1.165) is 0 Å². The van der Waals surface area contributed by atoms with E-state index in [1.54, 1.807) is 18.2 Å². The maximum atomic E-state index is 10.7.